The Kier molecular flexibility index (Phi) is 6.83. The van der Waals surface area contributed by atoms with Crippen LogP contribution in [0.25, 0.3) is 17.5 Å². The second-order valence-corrected chi connectivity index (χ2v) is 7.44. The van der Waals surface area contributed by atoms with E-state index in [0.29, 0.717) is 16.7 Å². The third-order valence-corrected chi connectivity index (χ3v) is 5.28. The lowest BCUT2D eigenvalue weighted by molar-refractivity contribution is -0.117. The van der Waals surface area contributed by atoms with E-state index in [9.17, 15) is 4.79 Å². The molecule has 1 amide bonds. The third kappa shape index (κ3) is 5.33. The van der Waals surface area contributed by atoms with Crippen LogP contribution in [0.1, 0.15) is 43.3 Å². The molecular weight excluding hydrogens is 386 g/mol. The molecule has 0 saturated carbocycles. The van der Waals surface area contributed by atoms with Crippen molar-refractivity contribution in [3.05, 3.63) is 76.6 Å². The molecule has 0 spiro atoms. The number of halogens is 1. The molecule has 0 saturated heterocycles. The number of aryl methyl sites for hydroxylation is 1. The number of nitrogens with zero attached hydrogens (tertiary/aromatic N) is 2. The summed E-state index contributed by atoms with van der Waals surface area (Å²) in [5.74, 6) is 0.744. The molecule has 2 atom stereocenters. The largest absolute Gasteiger partial charge is 0.340 e. The number of rotatable bonds is 7. The van der Waals surface area contributed by atoms with Gasteiger partial charge < -0.3 is 9.84 Å². The normalized spacial score (nSPS) is 13.4. The van der Waals surface area contributed by atoms with E-state index in [-0.39, 0.29) is 17.9 Å². The molecule has 3 aromatic rings. The first-order valence-electron chi connectivity index (χ1n) is 9.61. The van der Waals surface area contributed by atoms with E-state index in [4.69, 9.17) is 16.1 Å². The van der Waals surface area contributed by atoms with Gasteiger partial charge in [-0.25, -0.2) is 0 Å². The average molecular weight is 410 g/mol. The van der Waals surface area contributed by atoms with Crippen LogP contribution in [0.2, 0.25) is 5.02 Å². The molecule has 0 aliphatic heterocycles. The number of aromatic nitrogens is 2. The smallest absolute Gasteiger partial charge is 0.249 e. The van der Waals surface area contributed by atoms with Crippen molar-refractivity contribution in [2.24, 2.45) is 5.92 Å². The first-order valence-corrected chi connectivity index (χ1v) is 9.99. The molecule has 1 heterocycles. The summed E-state index contributed by atoms with van der Waals surface area (Å²) in [6.07, 6.45) is 4.14. The summed E-state index contributed by atoms with van der Waals surface area (Å²) in [4.78, 5) is 17.0. The fourth-order valence-electron chi connectivity index (χ4n) is 2.83. The highest BCUT2D eigenvalue weighted by molar-refractivity contribution is 6.31. The fraction of sp³-hybridized carbons (Fsp3) is 0.261. The van der Waals surface area contributed by atoms with Gasteiger partial charge in [0.25, 0.3) is 0 Å². The molecular formula is C23H24ClN3O2. The Bertz CT molecular complexity index is 998. The zero-order chi connectivity index (χ0) is 20.8. The lowest BCUT2D eigenvalue weighted by Gasteiger charge is -2.19. The van der Waals surface area contributed by atoms with Crippen LogP contribution in [0.5, 0.6) is 0 Å². The van der Waals surface area contributed by atoms with Crippen molar-refractivity contribution in [2.45, 2.75) is 33.2 Å². The van der Waals surface area contributed by atoms with Crippen molar-refractivity contribution < 1.29 is 9.32 Å². The minimum Gasteiger partial charge on any atom is -0.340 e. The van der Waals surface area contributed by atoms with E-state index in [1.165, 1.54) is 6.08 Å². The molecule has 0 aliphatic rings. The molecule has 3 rings (SSSR count). The Morgan fingerprint density at radius 1 is 1.24 bits per heavy atom. The summed E-state index contributed by atoms with van der Waals surface area (Å²) in [5.41, 5.74) is 2.71. The lowest BCUT2D eigenvalue weighted by atomic mass is 9.99. The second-order valence-electron chi connectivity index (χ2n) is 7.04. The quantitative estimate of drug-likeness (QED) is 0.514. The van der Waals surface area contributed by atoms with Crippen LogP contribution >= 0.6 is 11.6 Å². The maximum Gasteiger partial charge on any atom is 0.249 e. The predicted octanol–water partition coefficient (Wildman–Crippen LogP) is 5.62. The van der Waals surface area contributed by atoms with Gasteiger partial charge in [-0.15, -0.1) is 0 Å². The topological polar surface area (TPSA) is 68.0 Å². The standard InChI is InChI=1S/C23H24ClN3O2/c1-4-15(2)21(25-20(28)13-11-17-8-6-5-7-9-17)23-26-22(27-29-23)18-12-10-16(3)19(24)14-18/h5-15,21H,4H2,1-3H3,(H,25,28)/b13-11+/t15-,21-/m1/s1. The summed E-state index contributed by atoms with van der Waals surface area (Å²) < 4.78 is 5.49. The Labute approximate surface area is 175 Å². The van der Waals surface area contributed by atoms with Crippen LogP contribution in [-0.4, -0.2) is 16.0 Å². The Hall–Kier alpha value is -2.92. The van der Waals surface area contributed by atoms with Gasteiger partial charge in [0, 0.05) is 16.7 Å². The first-order chi connectivity index (χ1) is 14.0. The van der Waals surface area contributed by atoms with Gasteiger partial charge in [-0.1, -0.05) is 79.5 Å². The minimum atomic E-state index is -0.380. The Morgan fingerprint density at radius 3 is 2.69 bits per heavy atom. The molecule has 1 N–H and O–H groups in total. The molecule has 2 aromatic carbocycles. The number of benzene rings is 2. The van der Waals surface area contributed by atoms with Gasteiger partial charge in [-0.05, 0) is 36.1 Å². The van der Waals surface area contributed by atoms with E-state index >= 15 is 0 Å². The van der Waals surface area contributed by atoms with Crippen molar-refractivity contribution in [1.82, 2.24) is 15.5 Å². The predicted molar refractivity (Wildman–Crippen MR) is 115 cm³/mol. The monoisotopic (exact) mass is 409 g/mol. The van der Waals surface area contributed by atoms with E-state index in [1.54, 1.807) is 6.08 Å². The van der Waals surface area contributed by atoms with Crippen LogP contribution < -0.4 is 5.32 Å². The van der Waals surface area contributed by atoms with Crippen LogP contribution in [0, 0.1) is 12.8 Å². The molecule has 0 fully saturated rings. The molecule has 0 radical (unpaired) electrons. The number of carbonyl (C=O) groups is 1. The molecule has 150 valence electrons. The maximum absolute atomic E-state index is 12.5. The van der Waals surface area contributed by atoms with Crippen molar-refractivity contribution in [2.75, 3.05) is 0 Å². The SMILES string of the molecule is CC[C@@H](C)[C@@H](NC(=O)/C=C/c1ccccc1)c1nc(-c2ccc(C)c(Cl)c2)no1. The summed E-state index contributed by atoms with van der Waals surface area (Å²) >= 11 is 6.21. The van der Waals surface area contributed by atoms with Gasteiger partial charge in [0.05, 0.1) is 0 Å². The van der Waals surface area contributed by atoms with Crippen LogP contribution in [-0.2, 0) is 4.79 Å². The average Bonchev–Trinajstić information content (AvgIpc) is 3.22. The van der Waals surface area contributed by atoms with Crippen molar-refractivity contribution in [1.29, 1.82) is 0 Å². The summed E-state index contributed by atoms with van der Waals surface area (Å²) in [5, 5.41) is 7.72. The van der Waals surface area contributed by atoms with Gasteiger partial charge in [0.15, 0.2) is 0 Å². The van der Waals surface area contributed by atoms with E-state index in [2.05, 4.69) is 22.4 Å². The number of nitrogens with one attached hydrogen (secondary N) is 1. The number of hydrogen-bond acceptors (Lipinski definition) is 4. The highest BCUT2D eigenvalue weighted by Gasteiger charge is 2.26. The summed E-state index contributed by atoms with van der Waals surface area (Å²) in [7, 11) is 0. The zero-order valence-electron chi connectivity index (χ0n) is 16.7. The number of carbonyl (C=O) groups excluding carboxylic acids is 1. The van der Waals surface area contributed by atoms with Gasteiger partial charge in [-0.3, -0.25) is 4.79 Å². The van der Waals surface area contributed by atoms with E-state index in [0.717, 1.165) is 23.1 Å². The van der Waals surface area contributed by atoms with E-state index < -0.39 is 0 Å². The van der Waals surface area contributed by atoms with Crippen LogP contribution in [0.4, 0.5) is 0 Å². The lowest BCUT2D eigenvalue weighted by Crippen LogP contribution is -2.31. The summed E-state index contributed by atoms with van der Waals surface area (Å²) in [6.45, 7) is 6.03. The van der Waals surface area contributed by atoms with Gasteiger partial charge in [-0.2, -0.15) is 4.98 Å². The van der Waals surface area contributed by atoms with Gasteiger partial charge in [0.2, 0.25) is 17.6 Å². The number of amides is 1. The van der Waals surface area contributed by atoms with Crippen molar-refractivity contribution >= 4 is 23.6 Å². The molecule has 6 heteroatoms. The summed E-state index contributed by atoms with van der Waals surface area (Å²) in [6, 6.07) is 14.9. The zero-order valence-corrected chi connectivity index (χ0v) is 17.5. The molecule has 1 aromatic heterocycles. The van der Waals surface area contributed by atoms with Crippen molar-refractivity contribution in [3.8, 4) is 11.4 Å². The molecule has 0 aliphatic carbocycles. The Morgan fingerprint density at radius 2 is 2.00 bits per heavy atom. The van der Waals surface area contributed by atoms with Gasteiger partial charge in [0.1, 0.15) is 6.04 Å². The highest BCUT2D eigenvalue weighted by atomic mass is 35.5. The number of hydrogen-bond donors (Lipinski definition) is 1. The molecule has 0 bridgehead atoms. The van der Waals surface area contributed by atoms with Crippen LogP contribution in [0.15, 0.2) is 59.1 Å². The fourth-order valence-corrected chi connectivity index (χ4v) is 3.01. The third-order valence-electron chi connectivity index (χ3n) is 4.88. The van der Waals surface area contributed by atoms with Crippen LogP contribution in [0.3, 0.4) is 0 Å². The highest BCUT2D eigenvalue weighted by Crippen LogP contribution is 2.27. The maximum atomic E-state index is 12.5. The Balaban J connectivity index is 1.78. The molecule has 29 heavy (non-hydrogen) atoms. The van der Waals surface area contributed by atoms with Crippen molar-refractivity contribution in [3.63, 3.8) is 0 Å². The molecule has 0 unspecified atom stereocenters. The molecule has 5 nitrogen and oxygen atoms in total. The van der Waals surface area contributed by atoms with E-state index in [1.807, 2.05) is 62.4 Å². The second kappa shape index (κ2) is 9.52. The minimum absolute atomic E-state index is 0.124. The van der Waals surface area contributed by atoms with Gasteiger partial charge >= 0.3 is 0 Å². The first kappa shape index (κ1) is 20.8.